The predicted molar refractivity (Wildman–Crippen MR) is 66.8 cm³/mol. The van der Waals surface area contributed by atoms with Crippen LogP contribution in [0.2, 0.25) is 0 Å². The van der Waals surface area contributed by atoms with Crippen LogP contribution in [0.4, 0.5) is 0 Å². The second-order valence-corrected chi connectivity index (χ2v) is 5.17. The maximum atomic E-state index is 9.48. The predicted octanol–water partition coefficient (Wildman–Crippen LogP) is 3.08. The van der Waals surface area contributed by atoms with Crippen molar-refractivity contribution < 1.29 is 5.11 Å². The molecule has 0 radical (unpaired) electrons. The Bertz CT molecular complexity index is 134. The number of nitrogens with two attached hydrogens (primary N) is 1. The highest BCUT2D eigenvalue weighted by atomic mass is 16.3. The molecule has 0 amide bonds. The first-order valence-electron chi connectivity index (χ1n) is 6.47. The van der Waals surface area contributed by atoms with Gasteiger partial charge in [-0.3, -0.25) is 0 Å². The highest BCUT2D eigenvalue weighted by Crippen LogP contribution is 2.12. The van der Waals surface area contributed by atoms with Crippen LogP contribution in [0.1, 0.15) is 65.7 Å². The highest BCUT2D eigenvalue weighted by Gasteiger charge is 2.07. The largest absolute Gasteiger partial charge is 0.392 e. The van der Waals surface area contributed by atoms with E-state index in [9.17, 15) is 5.11 Å². The Balaban J connectivity index is 3.11. The Morgan fingerprint density at radius 3 is 1.80 bits per heavy atom. The van der Waals surface area contributed by atoms with Crippen LogP contribution >= 0.6 is 0 Å². The van der Waals surface area contributed by atoms with Crippen molar-refractivity contribution in [1.29, 1.82) is 0 Å². The molecule has 0 aliphatic rings. The van der Waals surface area contributed by atoms with Gasteiger partial charge in [0.2, 0.25) is 0 Å². The summed E-state index contributed by atoms with van der Waals surface area (Å²) in [4.78, 5) is 0. The molecule has 0 aliphatic heterocycles. The smallest absolute Gasteiger partial charge is 0.0688 e. The van der Waals surface area contributed by atoms with Crippen molar-refractivity contribution in [2.24, 2.45) is 11.7 Å². The molecule has 0 heterocycles. The third-order valence-electron chi connectivity index (χ3n) is 2.89. The molecule has 0 rings (SSSR count). The summed E-state index contributed by atoms with van der Waals surface area (Å²) in [6.07, 6.45) is 8.26. The quantitative estimate of drug-likeness (QED) is 0.581. The van der Waals surface area contributed by atoms with E-state index in [0.29, 0.717) is 0 Å². The van der Waals surface area contributed by atoms with Crippen molar-refractivity contribution in [2.45, 2.75) is 77.9 Å². The van der Waals surface area contributed by atoms with E-state index in [1.165, 1.54) is 32.1 Å². The molecule has 92 valence electrons. The lowest BCUT2D eigenvalue weighted by Gasteiger charge is -2.13. The maximum Gasteiger partial charge on any atom is 0.0688 e. The fourth-order valence-corrected chi connectivity index (χ4v) is 1.70. The van der Waals surface area contributed by atoms with Crippen molar-refractivity contribution in [2.75, 3.05) is 0 Å². The van der Waals surface area contributed by atoms with E-state index in [0.717, 1.165) is 18.8 Å². The van der Waals surface area contributed by atoms with E-state index in [1.807, 2.05) is 6.92 Å². The van der Waals surface area contributed by atoms with Gasteiger partial charge in [-0.25, -0.2) is 0 Å². The van der Waals surface area contributed by atoms with Gasteiger partial charge in [-0.2, -0.15) is 0 Å². The van der Waals surface area contributed by atoms with Gasteiger partial charge in [-0.05, 0) is 19.3 Å². The van der Waals surface area contributed by atoms with Crippen molar-refractivity contribution >= 4 is 0 Å². The molecule has 0 unspecified atom stereocenters. The number of unbranched alkanes of at least 4 members (excludes halogenated alkanes) is 4. The van der Waals surface area contributed by atoms with Crippen molar-refractivity contribution in [3.05, 3.63) is 0 Å². The summed E-state index contributed by atoms with van der Waals surface area (Å²) < 4.78 is 0. The highest BCUT2D eigenvalue weighted by molar-refractivity contribution is 4.65. The van der Waals surface area contributed by atoms with Gasteiger partial charge in [0.1, 0.15) is 0 Å². The lowest BCUT2D eigenvalue weighted by molar-refractivity contribution is 0.138. The normalized spacial score (nSPS) is 15.6. The van der Waals surface area contributed by atoms with Gasteiger partial charge in [0.15, 0.2) is 0 Å². The molecule has 0 aliphatic carbocycles. The maximum absolute atomic E-state index is 9.48. The van der Waals surface area contributed by atoms with E-state index in [1.54, 1.807) is 0 Å². The van der Waals surface area contributed by atoms with Crippen molar-refractivity contribution in [3.8, 4) is 0 Å². The zero-order valence-electron chi connectivity index (χ0n) is 10.7. The molecule has 0 saturated carbocycles. The van der Waals surface area contributed by atoms with Gasteiger partial charge in [-0.1, -0.05) is 52.4 Å². The van der Waals surface area contributed by atoms with E-state index in [-0.39, 0.29) is 12.1 Å². The fraction of sp³-hybridized carbons (Fsp3) is 1.00. The minimum atomic E-state index is -0.305. The number of aliphatic hydroxyl groups is 1. The standard InChI is InChI=1S/C13H29NO/c1-11(2)9-7-5-4-6-8-10-13(15)12(3)14/h11-13,15H,4-10,14H2,1-3H3/t12-,13+/m1/s1. The van der Waals surface area contributed by atoms with Crippen LogP contribution in [0.5, 0.6) is 0 Å². The van der Waals surface area contributed by atoms with Crippen LogP contribution in [0.15, 0.2) is 0 Å². The molecule has 0 aromatic carbocycles. The van der Waals surface area contributed by atoms with Crippen molar-refractivity contribution in [3.63, 3.8) is 0 Å². The number of aliphatic hydroxyl groups excluding tert-OH is 1. The second-order valence-electron chi connectivity index (χ2n) is 5.17. The molecule has 0 aromatic rings. The van der Waals surface area contributed by atoms with Gasteiger partial charge in [0, 0.05) is 6.04 Å². The molecule has 2 nitrogen and oxygen atoms in total. The molecule has 0 bridgehead atoms. The molecular formula is C13H29NO. The molecule has 3 N–H and O–H groups in total. The van der Waals surface area contributed by atoms with Gasteiger partial charge < -0.3 is 10.8 Å². The van der Waals surface area contributed by atoms with E-state index in [2.05, 4.69) is 13.8 Å². The monoisotopic (exact) mass is 215 g/mol. The van der Waals surface area contributed by atoms with Gasteiger partial charge in [0.25, 0.3) is 0 Å². The number of hydrogen-bond acceptors (Lipinski definition) is 2. The van der Waals surface area contributed by atoms with Crippen LogP contribution in [0.3, 0.4) is 0 Å². The Morgan fingerprint density at radius 2 is 1.33 bits per heavy atom. The first-order valence-corrected chi connectivity index (χ1v) is 6.47. The summed E-state index contributed by atoms with van der Waals surface area (Å²) in [7, 11) is 0. The Hall–Kier alpha value is -0.0800. The minimum Gasteiger partial charge on any atom is -0.392 e. The summed E-state index contributed by atoms with van der Waals surface area (Å²) in [5.74, 6) is 0.838. The van der Waals surface area contributed by atoms with Gasteiger partial charge in [0.05, 0.1) is 6.10 Å². The zero-order valence-corrected chi connectivity index (χ0v) is 10.7. The average molecular weight is 215 g/mol. The first kappa shape index (κ1) is 14.9. The van der Waals surface area contributed by atoms with Crippen LogP contribution in [0.25, 0.3) is 0 Å². The molecular weight excluding hydrogens is 186 g/mol. The SMILES string of the molecule is CC(C)CCCCCCC[C@H](O)[C@@H](C)N. The summed E-state index contributed by atoms with van der Waals surface area (Å²) in [6.45, 7) is 6.42. The van der Waals surface area contributed by atoms with Crippen LogP contribution < -0.4 is 5.73 Å². The molecule has 0 aromatic heterocycles. The summed E-state index contributed by atoms with van der Waals surface area (Å²) in [5, 5.41) is 9.48. The topological polar surface area (TPSA) is 46.2 Å². The lowest BCUT2D eigenvalue weighted by atomic mass is 10.0. The van der Waals surface area contributed by atoms with Crippen LogP contribution in [-0.2, 0) is 0 Å². The molecule has 2 atom stereocenters. The molecule has 0 fully saturated rings. The number of hydrogen-bond donors (Lipinski definition) is 2. The minimum absolute atomic E-state index is 0.0778. The van der Waals surface area contributed by atoms with Crippen molar-refractivity contribution in [1.82, 2.24) is 0 Å². The second kappa shape index (κ2) is 9.17. The lowest BCUT2D eigenvalue weighted by Crippen LogP contribution is -2.31. The third kappa shape index (κ3) is 10.2. The Kier molecular flexibility index (Phi) is 9.12. The van der Waals surface area contributed by atoms with Crippen LogP contribution in [0, 0.1) is 5.92 Å². The molecule has 2 heteroatoms. The molecule has 0 saturated heterocycles. The Labute approximate surface area is 95.3 Å². The van der Waals surface area contributed by atoms with E-state index in [4.69, 9.17) is 5.73 Å². The summed E-state index contributed by atoms with van der Waals surface area (Å²) in [5.41, 5.74) is 5.58. The van der Waals surface area contributed by atoms with E-state index < -0.39 is 0 Å². The summed E-state index contributed by atoms with van der Waals surface area (Å²) >= 11 is 0. The fourth-order valence-electron chi connectivity index (χ4n) is 1.70. The zero-order chi connectivity index (χ0) is 11.7. The van der Waals surface area contributed by atoms with Crippen LogP contribution in [-0.4, -0.2) is 17.3 Å². The van der Waals surface area contributed by atoms with Gasteiger partial charge in [-0.15, -0.1) is 0 Å². The molecule has 0 spiro atoms. The third-order valence-corrected chi connectivity index (χ3v) is 2.89. The van der Waals surface area contributed by atoms with E-state index >= 15 is 0 Å². The number of rotatable bonds is 9. The molecule has 15 heavy (non-hydrogen) atoms. The van der Waals surface area contributed by atoms with Gasteiger partial charge >= 0.3 is 0 Å². The summed E-state index contributed by atoms with van der Waals surface area (Å²) in [6, 6.07) is -0.0778. The first-order chi connectivity index (χ1) is 7.04. The Morgan fingerprint density at radius 1 is 0.867 bits per heavy atom. The average Bonchev–Trinajstić information content (AvgIpc) is 2.15.